The highest BCUT2D eigenvalue weighted by Gasteiger charge is 2.14. The van der Waals surface area contributed by atoms with Crippen LogP contribution in [0.2, 0.25) is 0 Å². The van der Waals surface area contributed by atoms with Gasteiger partial charge in [0.05, 0.1) is 0 Å². The fraction of sp³-hybridized carbons (Fsp3) is 0.733. The summed E-state index contributed by atoms with van der Waals surface area (Å²) in [5, 5.41) is 29.6. The van der Waals surface area contributed by atoms with Crippen molar-refractivity contribution in [2.45, 2.75) is 32.1 Å². The van der Waals surface area contributed by atoms with Crippen molar-refractivity contribution >= 4 is 23.9 Å². The minimum atomic E-state index is -1.82. The van der Waals surface area contributed by atoms with Crippen molar-refractivity contribution in [3.63, 3.8) is 0 Å². The maximum Gasteiger partial charge on any atom is 0.414 e. The lowest BCUT2D eigenvalue weighted by atomic mass is 10.1. The Morgan fingerprint density at radius 2 is 0.760 bits per heavy atom. The molecule has 0 saturated carbocycles. The first kappa shape index (κ1) is 22.8. The van der Waals surface area contributed by atoms with Gasteiger partial charge in [-0.3, -0.25) is 0 Å². The van der Waals surface area contributed by atoms with E-state index in [9.17, 15) is 0 Å². The van der Waals surface area contributed by atoms with Crippen molar-refractivity contribution < 1.29 is 39.6 Å². The lowest BCUT2D eigenvalue weighted by Gasteiger charge is -2.28. The highest BCUT2D eigenvalue weighted by Crippen LogP contribution is 2.10. The molecule has 0 aromatic rings. The van der Waals surface area contributed by atoms with Crippen molar-refractivity contribution in [2.24, 2.45) is 0 Å². The maximum atomic E-state index is 9.10. The lowest BCUT2D eigenvalue weighted by Crippen LogP contribution is -2.36. The number of carboxylic acid groups (broad SMARTS) is 4. The van der Waals surface area contributed by atoms with E-state index in [0.29, 0.717) is 0 Å². The van der Waals surface area contributed by atoms with E-state index in [1.54, 1.807) is 0 Å². The molecule has 4 N–H and O–H groups in total. The summed E-state index contributed by atoms with van der Waals surface area (Å²) in [4.78, 5) is 41.7. The van der Waals surface area contributed by atoms with Crippen molar-refractivity contribution in [3.05, 3.63) is 0 Å². The molecule has 0 amide bonds. The van der Waals surface area contributed by atoms with E-state index >= 15 is 0 Å². The molecule has 2 fully saturated rings. The average molecular weight is 362 g/mol. The molecule has 10 heteroatoms. The zero-order chi connectivity index (χ0) is 19.2. The van der Waals surface area contributed by atoms with E-state index in [1.165, 1.54) is 71.4 Å². The van der Waals surface area contributed by atoms with Crippen LogP contribution in [0.15, 0.2) is 0 Å². The molecule has 0 unspecified atom stereocenters. The minimum absolute atomic E-state index is 1.32. The Bertz CT molecular complexity index is 395. The Balaban J connectivity index is 0.000000406. The second-order valence-corrected chi connectivity index (χ2v) is 5.67. The second kappa shape index (κ2) is 13.1. The van der Waals surface area contributed by atoms with Gasteiger partial charge in [0, 0.05) is 13.1 Å². The fourth-order valence-corrected chi connectivity index (χ4v) is 2.47. The average Bonchev–Trinajstić information content (AvgIpc) is 3.08. The summed E-state index contributed by atoms with van der Waals surface area (Å²) in [6.45, 7) is 8.06. The summed E-state index contributed by atoms with van der Waals surface area (Å²) < 4.78 is 0. The number of hydrogen-bond acceptors (Lipinski definition) is 6. The molecule has 144 valence electrons. The summed E-state index contributed by atoms with van der Waals surface area (Å²) in [6, 6.07) is 0. The van der Waals surface area contributed by atoms with Gasteiger partial charge in [0.1, 0.15) is 0 Å². The highest BCUT2D eigenvalue weighted by atomic mass is 16.4. The predicted octanol–water partition coefficient (Wildman–Crippen LogP) is -0.121. The summed E-state index contributed by atoms with van der Waals surface area (Å²) in [5.41, 5.74) is 0. The third kappa shape index (κ3) is 12.8. The van der Waals surface area contributed by atoms with E-state index < -0.39 is 23.9 Å². The van der Waals surface area contributed by atoms with Gasteiger partial charge in [-0.05, 0) is 51.9 Å². The van der Waals surface area contributed by atoms with Crippen molar-refractivity contribution in [2.75, 3.05) is 39.3 Å². The largest absolute Gasteiger partial charge is 0.473 e. The standard InChI is InChI=1S/C11H22N2.2C2H2O4/c1-2-6-12(7-3-1)10-11-13-8-4-5-9-13;2*3-1(4)2(5)6/h1-11H2;2*(H,3,4)(H,5,6). The van der Waals surface area contributed by atoms with Crippen LogP contribution in [0.3, 0.4) is 0 Å². The van der Waals surface area contributed by atoms with Gasteiger partial charge >= 0.3 is 23.9 Å². The van der Waals surface area contributed by atoms with Gasteiger partial charge in [-0.15, -0.1) is 0 Å². The first-order valence-corrected chi connectivity index (χ1v) is 8.11. The maximum absolute atomic E-state index is 9.10. The zero-order valence-electron chi connectivity index (χ0n) is 14.1. The monoisotopic (exact) mass is 362 g/mol. The fourth-order valence-electron chi connectivity index (χ4n) is 2.47. The lowest BCUT2D eigenvalue weighted by molar-refractivity contribution is -0.159. The van der Waals surface area contributed by atoms with Gasteiger partial charge in [-0.1, -0.05) is 6.42 Å². The second-order valence-electron chi connectivity index (χ2n) is 5.67. The van der Waals surface area contributed by atoms with E-state index in [4.69, 9.17) is 39.6 Å². The molecule has 2 rings (SSSR count). The van der Waals surface area contributed by atoms with E-state index in [0.717, 1.165) is 0 Å². The molecule has 0 atom stereocenters. The SMILES string of the molecule is C1CCN(CCN2CCCC2)CC1.O=C(O)C(=O)O.O=C(O)C(=O)O. The van der Waals surface area contributed by atoms with Gasteiger partial charge in [0.15, 0.2) is 0 Å². The zero-order valence-corrected chi connectivity index (χ0v) is 14.1. The van der Waals surface area contributed by atoms with Crippen molar-refractivity contribution in [1.29, 1.82) is 0 Å². The Labute approximate surface area is 145 Å². The van der Waals surface area contributed by atoms with Crippen molar-refractivity contribution in [3.8, 4) is 0 Å². The van der Waals surface area contributed by atoms with Gasteiger partial charge in [-0.25, -0.2) is 19.2 Å². The summed E-state index contributed by atoms with van der Waals surface area (Å²) >= 11 is 0. The molecular formula is C15H26N2O8. The molecule has 0 radical (unpaired) electrons. The van der Waals surface area contributed by atoms with E-state index in [1.807, 2.05) is 0 Å². The first-order chi connectivity index (χ1) is 11.7. The number of piperidine rings is 1. The molecule has 0 aromatic carbocycles. The number of carboxylic acids is 4. The predicted molar refractivity (Wildman–Crippen MR) is 86.5 cm³/mol. The van der Waals surface area contributed by atoms with Crippen LogP contribution in [-0.2, 0) is 19.2 Å². The van der Waals surface area contributed by atoms with Crippen LogP contribution in [-0.4, -0.2) is 93.4 Å². The van der Waals surface area contributed by atoms with Crippen LogP contribution >= 0.6 is 0 Å². The molecule has 2 aliphatic rings. The number of rotatable bonds is 3. The molecule has 25 heavy (non-hydrogen) atoms. The Hall–Kier alpha value is -2.20. The summed E-state index contributed by atoms with van der Waals surface area (Å²) in [7, 11) is 0. The van der Waals surface area contributed by atoms with Crippen molar-refractivity contribution in [1.82, 2.24) is 9.80 Å². The summed E-state index contributed by atoms with van der Waals surface area (Å²) in [6.07, 6.45) is 7.18. The number of likely N-dealkylation sites (tertiary alicyclic amines) is 2. The normalized spacial score (nSPS) is 17.4. The third-order valence-corrected chi connectivity index (χ3v) is 3.75. The van der Waals surface area contributed by atoms with Gasteiger partial charge in [0.2, 0.25) is 0 Å². The number of hydrogen-bond donors (Lipinski definition) is 4. The molecule has 0 aliphatic carbocycles. The topological polar surface area (TPSA) is 156 Å². The van der Waals surface area contributed by atoms with Crippen LogP contribution in [0.1, 0.15) is 32.1 Å². The number of carbonyl (C=O) groups is 4. The van der Waals surface area contributed by atoms with Gasteiger partial charge in [-0.2, -0.15) is 0 Å². The number of aliphatic carboxylic acids is 4. The Morgan fingerprint density at radius 3 is 1.00 bits per heavy atom. The minimum Gasteiger partial charge on any atom is -0.473 e. The molecule has 2 heterocycles. The van der Waals surface area contributed by atoms with Crippen LogP contribution < -0.4 is 0 Å². The molecule has 0 aromatic heterocycles. The molecule has 10 nitrogen and oxygen atoms in total. The van der Waals surface area contributed by atoms with Gasteiger partial charge in [0.25, 0.3) is 0 Å². The van der Waals surface area contributed by atoms with E-state index in [2.05, 4.69) is 9.80 Å². The van der Waals surface area contributed by atoms with Crippen LogP contribution in [0.5, 0.6) is 0 Å². The molecule has 2 saturated heterocycles. The van der Waals surface area contributed by atoms with Crippen LogP contribution in [0.25, 0.3) is 0 Å². The smallest absolute Gasteiger partial charge is 0.414 e. The van der Waals surface area contributed by atoms with Crippen LogP contribution in [0, 0.1) is 0 Å². The Morgan fingerprint density at radius 1 is 0.520 bits per heavy atom. The molecule has 0 spiro atoms. The Kier molecular flexibility index (Phi) is 12.0. The quantitative estimate of drug-likeness (QED) is 0.499. The first-order valence-electron chi connectivity index (χ1n) is 8.11. The molecule has 0 bridgehead atoms. The molecular weight excluding hydrogens is 336 g/mol. The number of nitrogens with zero attached hydrogens (tertiary/aromatic N) is 2. The van der Waals surface area contributed by atoms with Crippen LogP contribution in [0.4, 0.5) is 0 Å². The molecule has 2 aliphatic heterocycles. The highest BCUT2D eigenvalue weighted by molar-refractivity contribution is 6.27. The third-order valence-electron chi connectivity index (χ3n) is 3.75. The summed E-state index contributed by atoms with van der Waals surface area (Å²) in [5.74, 6) is -7.30. The van der Waals surface area contributed by atoms with E-state index in [-0.39, 0.29) is 0 Å². The van der Waals surface area contributed by atoms with Gasteiger partial charge < -0.3 is 30.2 Å².